The lowest BCUT2D eigenvalue weighted by Gasteiger charge is -2.27. The molecule has 2 unspecified atom stereocenters. The number of hydrogen-bond acceptors (Lipinski definition) is 1. The molecule has 0 aromatic heterocycles. The average molecular weight is 155 g/mol. The smallest absolute Gasteiger partial charge is 0.00900 e. The minimum Gasteiger partial charge on any atom is -0.300 e. The Kier molecular flexibility index (Phi) is 2.94. The van der Waals surface area contributed by atoms with Gasteiger partial charge in [-0.2, -0.15) is 0 Å². The highest BCUT2D eigenvalue weighted by atomic mass is 15.2. The van der Waals surface area contributed by atoms with Crippen molar-refractivity contribution in [2.75, 3.05) is 13.1 Å². The molecule has 1 heteroatoms. The standard InChI is InChI=1S/C10H21N/c1-8(2)10(4)11-6-5-9(3)7-11/h8-10H,5-7H2,1-4H3. The van der Waals surface area contributed by atoms with Crippen LogP contribution in [0.5, 0.6) is 0 Å². The van der Waals surface area contributed by atoms with Crippen LogP contribution in [0.3, 0.4) is 0 Å². The Morgan fingerprint density at radius 2 is 1.91 bits per heavy atom. The molecular weight excluding hydrogens is 134 g/mol. The first-order valence-electron chi connectivity index (χ1n) is 4.85. The molecule has 0 amide bonds. The maximum atomic E-state index is 2.62. The zero-order valence-corrected chi connectivity index (χ0v) is 8.30. The van der Waals surface area contributed by atoms with Crippen LogP contribution in [0.2, 0.25) is 0 Å². The average Bonchev–Trinajstić information content (AvgIpc) is 2.34. The highest BCUT2D eigenvalue weighted by molar-refractivity contribution is 4.78. The Hall–Kier alpha value is -0.0400. The zero-order chi connectivity index (χ0) is 8.43. The minimum absolute atomic E-state index is 0.778. The third kappa shape index (κ3) is 2.19. The third-order valence-corrected chi connectivity index (χ3v) is 3.00. The molecule has 0 spiro atoms. The number of hydrogen-bond donors (Lipinski definition) is 0. The molecule has 0 N–H and O–H groups in total. The van der Waals surface area contributed by atoms with Crippen LogP contribution < -0.4 is 0 Å². The van der Waals surface area contributed by atoms with E-state index in [4.69, 9.17) is 0 Å². The van der Waals surface area contributed by atoms with Crippen LogP contribution in [0.25, 0.3) is 0 Å². The monoisotopic (exact) mass is 155 g/mol. The van der Waals surface area contributed by atoms with Gasteiger partial charge in [0.05, 0.1) is 0 Å². The largest absolute Gasteiger partial charge is 0.300 e. The summed E-state index contributed by atoms with van der Waals surface area (Å²) in [5, 5.41) is 0. The molecule has 1 rings (SSSR count). The van der Waals surface area contributed by atoms with Gasteiger partial charge >= 0.3 is 0 Å². The summed E-state index contributed by atoms with van der Waals surface area (Å²) in [6, 6.07) is 0.778. The van der Waals surface area contributed by atoms with E-state index in [0.29, 0.717) is 0 Å². The molecule has 1 heterocycles. The summed E-state index contributed by atoms with van der Waals surface area (Å²) < 4.78 is 0. The summed E-state index contributed by atoms with van der Waals surface area (Å²) >= 11 is 0. The first-order chi connectivity index (χ1) is 5.11. The Morgan fingerprint density at radius 1 is 1.27 bits per heavy atom. The highest BCUT2D eigenvalue weighted by Gasteiger charge is 2.24. The van der Waals surface area contributed by atoms with Gasteiger partial charge in [0.2, 0.25) is 0 Å². The summed E-state index contributed by atoms with van der Waals surface area (Å²) in [4.78, 5) is 2.62. The topological polar surface area (TPSA) is 3.24 Å². The summed E-state index contributed by atoms with van der Waals surface area (Å²) in [6.45, 7) is 12.0. The molecule has 1 saturated heterocycles. The van der Waals surface area contributed by atoms with Crippen LogP contribution in [0.4, 0.5) is 0 Å². The van der Waals surface area contributed by atoms with Gasteiger partial charge in [0.1, 0.15) is 0 Å². The second kappa shape index (κ2) is 3.57. The Morgan fingerprint density at radius 3 is 2.27 bits per heavy atom. The van der Waals surface area contributed by atoms with E-state index in [-0.39, 0.29) is 0 Å². The van der Waals surface area contributed by atoms with Crippen molar-refractivity contribution in [3.05, 3.63) is 0 Å². The maximum absolute atomic E-state index is 2.62. The lowest BCUT2D eigenvalue weighted by atomic mass is 10.1. The van der Waals surface area contributed by atoms with E-state index in [9.17, 15) is 0 Å². The molecule has 0 aliphatic carbocycles. The molecule has 0 saturated carbocycles. The van der Waals surface area contributed by atoms with E-state index in [1.54, 1.807) is 0 Å². The predicted octanol–water partition coefficient (Wildman–Crippen LogP) is 2.37. The Labute approximate surface area is 70.8 Å². The summed E-state index contributed by atoms with van der Waals surface area (Å²) in [5.74, 6) is 1.73. The molecule has 0 aromatic rings. The van der Waals surface area contributed by atoms with Crippen LogP contribution in [0.15, 0.2) is 0 Å². The molecule has 1 aliphatic rings. The molecule has 0 bridgehead atoms. The predicted molar refractivity (Wildman–Crippen MR) is 49.7 cm³/mol. The Balaban J connectivity index is 2.36. The van der Waals surface area contributed by atoms with Crippen molar-refractivity contribution in [1.82, 2.24) is 4.90 Å². The first kappa shape index (κ1) is 9.05. The van der Waals surface area contributed by atoms with Gasteiger partial charge in [0, 0.05) is 12.6 Å². The van der Waals surface area contributed by atoms with Gasteiger partial charge in [-0.05, 0) is 31.7 Å². The number of nitrogens with zero attached hydrogens (tertiary/aromatic N) is 1. The molecule has 66 valence electrons. The molecule has 2 atom stereocenters. The summed E-state index contributed by atoms with van der Waals surface area (Å²) in [7, 11) is 0. The van der Waals surface area contributed by atoms with Gasteiger partial charge in [-0.15, -0.1) is 0 Å². The molecular formula is C10H21N. The fourth-order valence-corrected chi connectivity index (χ4v) is 1.76. The number of rotatable bonds is 2. The third-order valence-electron chi connectivity index (χ3n) is 3.00. The first-order valence-corrected chi connectivity index (χ1v) is 4.85. The van der Waals surface area contributed by atoms with Crippen LogP contribution in [-0.4, -0.2) is 24.0 Å². The van der Waals surface area contributed by atoms with Crippen molar-refractivity contribution in [2.45, 2.75) is 40.2 Å². The quantitative estimate of drug-likeness (QED) is 0.592. The molecule has 1 nitrogen and oxygen atoms in total. The van der Waals surface area contributed by atoms with E-state index in [2.05, 4.69) is 32.6 Å². The second-order valence-electron chi connectivity index (χ2n) is 4.37. The molecule has 1 aliphatic heterocycles. The van der Waals surface area contributed by atoms with Crippen molar-refractivity contribution in [3.8, 4) is 0 Å². The van der Waals surface area contributed by atoms with Gasteiger partial charge < -0.3 is 4.90 Å². The van der Waals surface area contributed by atoms with Crippen molar-refractivity contribution < 1.29 is 0 Å². The van der Waals surface area contributed by atoms with Gasteiger partial charge in [-0.1, -0.05) is 20.8 Å². The fourth-order valence-electron chi connectivity index (χ4n) is 1.76. The lowest BCUT2D eigenvalue weighted by Crippen LogP contribution is -2.34. The normalized spacial score (nSPS) is 29.7. The molecule has 1 fully saturated rings. The fraction of sp³-hybridized carbons (Fsp3) is 1.00. The van der Waals surface area contributed by atoms with Gasteiger partial charge in [0.15, 0.2) is 0 Å². The summed E-state index contributed by atoms with van der Waals surface area (Å²) in [6.07, 6.45) is 1.40. The summed E-state index contributed by atoms with van der Waals surface area (Å²) in [5.41, 5.74) is 0. The van der Waals surface area contributed by atoms with Crippen molar-refractivity contribution >= 4 is 0 Å². The van der Waals surface area contributed by atoms with E-state index in [0.717, 1.165) is 17.9 Å². The van der Waals surface area contributed by atoms with E-state index in [1.165, 1.54) is 19.5 Å². The SMILES string of the molecule is CC1CCN(C(C)C(C)C)C1. The van der Waals surface area contributed by atoms with Crippen LogP contribution in [0, 0.1) is 11.8 Å². The Bertz CT molecular complexity index is 120. The van der Waals surface area contributed by atoms with Crippen LogP contribution in [0.1, 0.15) is 34.1 Å². The zero-order valence-electron chi connectivity index (χ0n) is 8.30. The van der Waals surface area contributed by atoms with E-state index >= 15 is 0 Å². The highest BCUT2D eigenvalue weighted by Crippen LogP contribution is 2.20. The molecule has 0 aromatic carbocycles. The second-order valence-corrected chi connectivity index (χ2v) is 4.37. The number of likely N-dealkylation sites (tertiary alicyclic amines) is 1. The van der Waals surface area contributed by atoms with E-state index in [1.807, 2.05) is 0 Å². The van der Waals surface area contributed by atoms with Crippen molar-refractivity contribution in [3.63, 3.8) is 0 Å². The molecule has 11 heavy (non-hydrogen) atoms. The van der Waals surface area contributed by atoms with Gasteiger partial charge in [-0.25, -0.2) is 0 Å². The van der Waals surface area contributed by atoms with E-state index < -0.39 is 0 Å². The molecule has 0 radical (unpaired) electrons. The maximum Gasteiger partial charge on any atom is 0.00900 e. The van der Waals surface area contributed by atoms with Gasteiger partial charge in [-0.3, -0.25) is 0 Å². The lowest BCUT2D eigenvalue weighted by molar-refractivity contribution is 0.202. The minimum atomic E-state index is 0.778. The van der Waals surface area contributed by atoms with Crippen molar-refractivity contribution in [1.29, 1.82) is 0 Å². The van der Waals surface area contributed by atoms with Crippen molar-refractivity contribution in [2.24, 2.45) is 11.8 Å². The van der Waals surface area contributed by atoms with Crippen LogP contribution >= 0.6 is 0 Å². The van der Waals surface area contributed by atoms with Crippen LogP contribution in [-0.2, 0) is 0 Å². The van der Waals surface area contributed by atoms with Gasteiger partial charge in [0.25, 0.3) is 0 Å².